The fourth-order valence-corrected chi connectivity index (χ4v) is 2.89. The van der Waals surface area contributed by atoms with Crippen molar-refractivity contribution < 1.29 is 10.0 Å². The van der Waals surface area contributed by atoms with Crippen LogP contribution in [-0.4, -0.2) is 19.8 Å². The highest BCUT2D eigenvalue weighted by molar-refractivity contribution is 7.99. The second-order valence-electron chi connectivity index (χ2n) is 4.30. The molecule has 0 fully saturated rings. The Labute approximate surface area is 120 Å². The Hall–Kier alpha value is -2.02. The van der Waals surface area contributed by atoms with E-state index in [0.717, 1.165) is 18.2 Å². The summed E-state index contributed by atoms with van der Waals surface area (Å²) in [5.74, 6) is 0.102. The van der Waals surface area contributed by atoms with Crippen LogP contribution in [0.25, 0.3) is 0 Å². The number of aryl methyl sites for hydroxylation is 2. The molecule has 7 heteroatoms. The molecule has 0 aliphatic carbocycles. The molecule has 0 amide bonds. The molecule has 0 saturated carbocycles. The van der Waals surface area contributed by atoms with Crippen LogP contribution in [0.2, 0.25) is 0 Å². The van der Waals surface area contributed by atoms with Crippen molar-refractivity contribution >= 4 is 17.4 Å². The second kappa shape index (κ2) is 5.96. The fourth-order valence-electron chi connectivity index (χ4n) is 1.90. The minimum absolute atomic E-state index is 0.0302. The van der Waals surface area contributed by atoms with Gasteiger partial charge in [0, 0.05) is 7.05 Å². The van der Waals surface area contributed by atoms with Gasteiger partial charge in [-0.05, 0) is 18.6 Å². The average molecular weight is 293 g/mol. The quantitative estimate of drug-likeness (QED) is 0.676. The number of hydrogen-bond acceptors (Lipinski definition) is 5. The summed E-state index contributed by atoms with van der Waals surface area (Å²) in [4.78, 5) is 11.5. The maximum absolute atomic E-state index is 11.3. The van der Waals surface area contributed by atoms with E-state index in [4.69, 9.17) is 0 Å². The molecular weight excluding hydrogens is 278 g/mol. The SMILES string of the molecule is CCCc1nn(C)c(Sc2ccccc2O)c1[N+](=O)[O-]. The molecule has 0 aliphatic rings. The van der Waals surface area contributed by atoms with Crippen LogP contribution in [0.15, 0.2) is 34.2 Å². The zero-order valence-corrected chi connectivity index (χ0v) is 12.1. The zero-order chi connectivity index (χ0) is 14.7. The van der Waals surface area contributed by atoms with Crippen LogP contribution >= 0.6 is 11.8 Å². The van der Waals surface area contributed by atoms with Crippen molar-refractivity contribution in [2.45, 2.75) is 29.7 Å². The molecule has 0 spiro atoms. The van der Waals surface area contributed by atoms with Gasteiger partial charge in [-0.3, -0.25) is 14.8 Å². The van der Waals surface area contributed by atoms with Crippen molar-refractivity contribution in [3.05, 3.63) is 40.1 Å². The first-order valence-electron chi connectivity index (χ1n) is 6.20. The van der Waals surface area contributed by atoms with Crippen molar-refractivity contribution in [1.29, 1.82) is 0 Å². The topological polar surface area (TPSA) is 81.2 Å². The summed E-state index contributed by atoms with van der Waals surface area (Å²) in [7, 11) is 1.68. The number of aromatic hydroxyl groups is 1. The van der Waals surface area contributed by atoms with Gasteiger partial charge in [-0.25, -0.2) is 0 Å². The van der Waals surface area contributed by atoms with E-state index in [2.05, 4.69) is 5.10 Å². The predicted octanol–water partition coefficient (Wildman–Crippen LogP) is 3.14. The molecule has 0 bridgehead atoms. The maximum atomic E-state index is 11.3. The Morgan fingerprint density at radius 2 is 2.15 bits per heavy atom. The van der Waals surface area contributed by atoms with E-state index in [-0.39, 0.29) is 11.4 Å². The molecule has 6 nitrogen and oxygen atoms in total. The van der Waals surface area contributed by atoms with Crippen LogP contribution in [0.3, 0.4) is 0 Å². The molecule has 106 valence electrons. The van der Waals surface area contributed by atoms with Gasteiger partial charge in [0.05, 0.1) is 9.82 Å². The van der Waals surface area contributed by atoms with Crippen LogP contribution in [-0.2, 0) is 13.5 Å². The van der Waals surface area contributed by atoms with Gasteiger partial charge in [0.1, 0.15) is 11.4 Å². The summed E-state index contributed by atoms with van der Waals surface area (Å²) in [6.07, 6.45) is 1.35. The molecule has 1 heterocycles. The smallest absolute Gasteiger partial charge is 0.324 e. The fraction of sp³-hybridized carbons (Fsp3) is 0.308. The molecule has 0 unspecified atom stereocenters. The van der Waals surface area contributed by atoms with Gasteiger partial charge in [0.15, 0.2) is 5.03 Å². The van der Waals surface area contributed by atoms with Crippen LogP contribution in [0, 0.1) is 10.1 Å². The lowest BCUT2D eigenvalue weighted by molar-refractivity contribution is -0.388. The minimum atomic E-state index is -0.402. The Kier molecular flexibility index (Phi) is 4.29. The van der Waals surface area contributed by atoms with Crippen molar-refractivity contribution in [3.63, 3.8) is 0 Å². The van der Waals surface area contributed by atoms with E-state index >= 15 is 0 Å². The molecule has 20 heavy (non-hydrogen) atoms. The molecule has 1 aromatic heterocycles. The molecule has 2 rings (SSSR count). The maximum Gasteiger partial charge on any atom is 0.324 e. The third-order valence-corrected chi connectivity index (χ3v) is 4.00. The first kappa shape index (κ1) is 14.4. The highest BCUT2D eigenvalue weighted by Gasteiger charge is 2.27. The summed E-state index contributed by atoms with van der Waals surface area (Å²) < 4.78 is 1.50. The van der Waals surface area contributed by atoms with Crippen molar-refractivity contribution in [2.75, 3.05) is 0 Å². The summed E-state index contributed by atoms with van der Waals surface area (Å²) >= 11 is 1.15. The average Bonchev–Trinajstić information content (AvgIpc) is 2.69. The van der Waals surface area contributed by atoms with E-state index in [0.29, 0.717) is 22.0 Å². The number of phenolic OH excluding ortho intramolecular Hbond substituents is 1. The number of hydrogen-bond donors (Lipinski definition) is 1. The second-order valence-corrected chi connectivity index (χ2v) is 5.33. The van der Waals surface area contributed by atoms with Gasteiger partial charge in [-0.2, -0.15) is 5.10 Å². The van der Waals surface area contributed by atoms with Gasteiger partial charge in [-0.1, -0.05) is 37.2 Å². The number of benzene rings is 1. The first-order chi connectivity index (χ1) is 9.54. The lowest BCUT2D eigenvalue weighted by atomic mass is 10.2. The predicted molar refractivity (Wildman–Crippen MR) is 76.1 cm³/mol. The Morgan fingerprint density at radius 1 is 1.45 bits per heavy atom. The van der Waals surface area contributed by atoms with Gasteiger partial charge >= 0.3 is 5.69 Å². The number of nitro groups is 1. The van der Waals surface area contributed by atoms with Crippen LogP contribution in [0.1, 0.15) is 19.0 Å². The molecule has 1 aromatic carbocycles. The summed E-state index contributed by atoms with van der Waals surface area (Å²) in [5, 5.41) is 25.7. The molecule has 1 N–H and O–H groups in total. The van der Waals surface area contributed by atoms with Crippen molar-refractivity contribution in [3.8, 4) is 5.75 Å². The van der Waals surface area contributed by atoms with E-state index in [1.165, 1.54) is 4.68 Å². The highest BCUT2D eigenvalue weighted by atomic mass is 32.2. The van der Waals surface area contributed by atoms with Crippen molar-refractivity contribution in [1.82, 2.24) is 9.78 Å². The summed E-state index contributed by atoms with van der Waals surface area (Å²) in [6.45, 7) is 1.95. The third kappa shape index (κ3) is 2.77. The Balaban J connectivity index is 2.46. The molecular formula is C13H15N3O3S. The monoisotopic (exact) mass is 293 g/mol. The molecule has 0 aliphatic heterocycles. The first-order valence-corrected chi connectivity index (χ1v) is 7.02. The van der Waals surface area contributed by atoms with Crippen LogP contribution in [0.5, 0.6) is 5.75 Å². The van der Waals surface area contributed by atoms with Gasteiger partial charge in [0.2, 0.25) is 0 Å². The lowest BCUT2D eigenvalue weighted by Gasteiger charge is -2.03. The van der Waals surface area contributed by atoms with E-state index in [9.17, 15) is 15.2 Å². The zero-order valence-electron chi connectivity index (χ0n) is 11.2. The van der Waals surface area contributed by atoms with Gasteiger partial charge in [-0.15, -0.1) is 0 Å². The largest absolute Gasteiger partial charge is 0.507 e. The number of aromatic nitrogens is 2. The van der Waals surface area contributed by atoms with E-state index in [1.807, 2.05) is 6.92 Å². The standard InChI is InChI=1S/C13H15N3O3S/c1-3-6-9-12(16(18)19)13(15(2)14-9)20-11-8-5-4-7-10(11)17/h4-5,7-8,17H,3,6H2,1-2H3. The number of para-hydroxylation sites is 1. The minimum Gasteiger partial charge on any atom is -0.507 e. The number of nitrogens with zero attached hydrogens (tertiary/aromatic N) is 3. The summed E-state index contributed by atoms with van der Waals surface area (Å²) in [5.41, 5.74) is 0.514. The van der Waals surface area contributed by atoms with Crippen LogP contribution < -0.4 is 0 Å². The molecule has 2 aromatic rings. The highest BCUT2D eigenvalue weighted by Crippen LogP contribution is 2.40. The molecule has 0 radical (unpaired) electrons. The Morgan fingerprint density at radius 3 is 2.75 bits per heavy atom. The lowest BCUT2D eigenvalue weighted by Crippen LogP contribution is -1.94. The third-order valence-electron chi connectivity index (χ3n) is 2.78. The number of rotatable bonds is 5. The van der Waals surface area contributed by atoms with Gasteiger partial charge < -0.3 is 5.11 Å². The molecule has 0 atom stereocenters. The summed E-state index contributed by atoms with van der Waals surface area (Å²) in [6, 6.07) is 6.75. The van der Waals surface area contributed by atoms with Gasteiger partial charge in [0.25, 0.3) is 0 Å². The number of phenols is 1. The van der Waals surface area contributed by atoms with E-state index < -0.39 is 4.92 Å². The van der Waals surface area contributed by atoms with E-state index in [1.54, 1.807) is 31.3 Å². The van der Waals surface area contributed by atoms with Crippen LogP contribution in [0.4, 0.5) is 5.69 Å². The molecule has 0 saturated heterocycles. The normalized spacial score (nSPS) is 10.7. The van der Waals surface area contributed by atoms with Crippen molar-refractivity contribution in [2.24, 2.45) is 7.05 Å². The Bertz CT molecular complexity index is 640.